The monoisotopic (exact) mass is 279 g/mol. The third-order valence-corrected chi connectivity index (χ3v) is 2.62. The molecule has 5 heteroatoms. The van der Waals surface area contributed by atoms with Gasteiger partial charge in [-0.3, -0.25) is 4.79 Å². The van der Waals surface area contributed by atoms with Crippen molar-refractivity contribution in [3.05, 3.63) is 46.7 Å². The summed E-state index contributed by atoms with van der Waals surface area (Å²) in [6.45, 7) is 0. The van der Waals surface area contributed by atoms with Gasteiger partial charge in [-0.1, -0.05) is 15.9 Å². The minimum absolute atomic E-state index is 0.185. The Morgan fingerprint density at radius 1 is 1.38 bits per heavy atom. The highest BCUT2D eigenvalue weighted by atomic mass is 79.9. The number of carbonyl (C=O) groups excluding carboxylic acids is 1. The van der Waals surface area contributed by atoms with Crippen molar-refractivity contribution in [3.8, 4) is 0 Å². The molecule has 0 aliphatic heterocycles. The number of nitrogen functional groups attached to an aromatic ring is 1. The summed E-state index contributed by atoms with van der Waals surface area (Å²) >= 11 is 3.30. The van der Waals surface area contributed by atoms with E-state index in [0.29, 0.717) is 16.9 Å². The number of halogens is 1. The summed E-state index contributed by atoms with van der Waals surface area (Å²) in [6, 6.07) is 7.02. The van der Waals surface area contributed by atoms with Crippen molar-refractivity contribution < 1.29 is 4.79 Å². The first kappa shape index (κ1) is 10.8. The van der Waals surface area contributed by atoms with Crippen molar-refractivity contribution in [3.63, 3.8) is 0 Å². The summed E-state index contributed by atoms with van der Waals surface area (Å²) in [5.41, 5.74) is 7.47. The number of rotatable bonds is 2. The maximum atomic E-state index is 11.7. The van der Waals surface area contributed by atoms with Crippen LogP contribution in [0.2, 0.25) is 0 Å². The number of carbonyl (C=O) groups is 1. The molecule has 0 aliphatic carbocycles. The first-order valence-corrected chi connectivity index (χ1v) is 5.45. The van der Waals surface area contributed by atoms with Gasteiger partial charge in [0.15, 0.2) is 0 Å². The van der Waals surface area contributed by atoms with Crippen LogP contribution in [0.15, 0.2) is 41.1 Å². The molecule has 2 rings (SSSR count). The third-order valence-electron chi connectivity index (χ3n) is 2.12. The molecule has 0 radical (unpaired) electrons. The second-order valence-corrected chi connectivity index (χ2v) is 4.20. The van der Waals surface area contributed by atoms with Crippen LogP contribution in [0.1, 0.15) is 10.4 Å². The number of hydrogen-bond acceptors (Lipinski definition) is 2. The zero-order valence-corrected chi connectivity index (χ0v) is 9.91. The number of aromatic nitrogens is 1. The molecule has 0 atom stereocenters. The molecular weight excluding hydrogens is 270 g/mol. The molecule has 1 aromatic carbocycles. The van der Waals surface area contributed by atoms with E-state index in [2.05, 4.69) is 26.2 Å². The Kier molecular flexibility index (Phi) is 2.96. The van der Waals surface area contributed by atoms with E-state index < -0.39 is 0 Å². The van der Waals surface area contributed by atoms with Crippen molar-refractivity contribution in [2.45, 2.75) is 0 Å². The SMILES string of the molecule is Nc1cc(Br)ccc1NC(=O)c1cc[nH]c1. The lowest BCUT2D eigenvalue weighted by molar-refractivity contribution is 0.102. The molecule has 1 heterocycles. The lowest BCUT2D eigenvalue weighted by atomic mass is 10.2. The fourth-order valence-electron chi connectivity index (χ4n) is 1.31. The Bertz CT molecular complexity index is 508. The zero-order chi connectivity index (χ0) is 11.5. The molecule has 1 amide bonds. The highest BCUT2D eigenvalue weighted by molar-refractivity contribution is 9.10. The normalized spacial score (nSPS) is 10.1. The molecule has 82 valence electrons. The lowest BCUT2D eigenvalue weighted by Gasteiger charge is -2.07. The van der Waals surface area contributed by atoms with Gasteiger partial charge >= 0.3 is 0 Å². The van der Waals surface area contributed by atoms with Crippen LogP contribution in [0.3, 0.4) is 0 Å². The quantitative estimate of drug-likeness (QED) is 0.740. The number of amides is 1. The van der Waals surface area contributed by atoms with Crippen LogP contribution in [-0.2, 0) is 0 Å². The van der Waals surface area contributed by atoms with Crippen LogP contribution in [0.25, 0.3) is 0 Å². The Labute approximate surface area is 101 Å². The van der Waals surface area contributed by atoms with E-state index in [1.54, 1.807) is 30.6 Å². The van der Waals surface area contributed by atoms with E-state index in [9.17, 15) is 4.79 Å². The molecule has 1 aromatic heterocycles. The fraction of sp³-hybridized carbons (Fsp3) is 0. The Morgan fingerprint density at radius 2 is 2.19 bits per heavy atom. The zero-order valence-electron chi connectivity index (χ0n) is 8.33. The highest BCUT2D eigenvalue weighted by Crippen LogP contribution is 2.23. The van der Waals surface area contributed by atoms with Crippen molar-refractivity contribution in [1.82, 2.24) is 4.98 Å². The second-order valence-electron chi connectivity index (χ2n) is 3.29. The molecule has 0 saturated carbocycles. The van der Waals surface area contributed by atoms with Gasteiger partial charge in [0, 0.05) is 16.9 Å². The molecule has 4 nitrogen and oxygen atoms in total. The fourth-order valence-corrected chi connectivity index (χ4v) is 1.69. The van der Waals surface area contributed by atoms with Gasteiger partial charge in [0.2, 0.25) is 0 Å². The van der Waals surface area contributed by atoms with Crippen LogP contribution in [-0.4, -0.2) is 10.9 Å². The van der Waals surface area contributed by atoms with E-state index in [-0.39, 0.29) is 5.91 Å². The third kappa shape index (κ3) is 2.25. The molecule has 0 saturated heterocycles. The Hall–Kier alpha value is -1.75. The molecule has 0 bridgehead atoms. The van der Waals surface area contributed by atoms with E-state index in [1.807, 2.05) is 6.07 Å². The average molecular weight is 280 g/mol. The Morgan fingerprint density at radius 3 is 2.81 bits per heavy atom. The van der Waals surface area contributed by atoms with Crippen molar-refractivity contribution in [2.24, 2.45) is 0 Å². The van der Waals surface area contributed by atoms with Crippen LogP contribution in [0, 0.1) is 0 Å². The number of benzene rings is 1. The maximum absolute atomic E-state index is 11.7. The minimum Gasteiger partial charge on any atom is -0.397 e. The van der Waals surface area contributed by atoms with Crippen molar-refractivity contribution in [2.75, 3.05) is 11.1 Å². The number of aromatic amines is 1. The number of anilines is 2. The van der Waals surface area contributed by atoms with Crippen LogP contribution in [0.4, 0.5) is 11.4 Å². The summed E-state index contributed by atoms with van der Waals surface area (Å²) in [7, 11) is 0. The summed E-state index contributed by atoms with van der Waals surface area (Å²) in [5, 5.41) is 2.74. The smallest absolute Gasteiger partial charge is 0.257 e. The number of hydrogen-bond donors (Lipinski definition) is 3. The largest absolute Gasteiger partial charge is 0.397 e. The number of H-pyrrole nitrogens is 1. The first-order valence-electron chi connectivity index (χ1n) is 4.66. The van der Waals surface area contributed by atoms with E-state index in [0.717, 1.165) is 4.47 Å². The number of nitrogens with one attached hydrogen (secondary N) is 2. The van der Waals surface area contributed by atoms with Crippen LogP contribution in [0.5, 0.6) is 0 Å². The van der Waals surface area contributed by atoms with E-state index >= 15 is 0 Å². The van der Waals surface area contributed by atoms with Gasteiger partial charge in [-0.25, -0.2) is 0 Å². The van der Waals surface area contributed by atoms with Crippen LogP contribution >= 0.6 is 15.9 Å². The van der Waals surface area contributed by atoms with E-state index in [1.165, 1.54) is 0 Å². The van der Waals surface area contributed by atoms with Gasteiger partial charge in [0.05, 0.1) is 16.9 Å². The molecule has 0 spiro atoms. The molecule has 4 N–H and O–H groups in total. The highest BCUT2D eigenvalue weighted by Gasteiger charge is 2.07. The molecule has 0 aliphatic rings. The van der Waals surface area contributed by atoms with Gasteiger partial charge in [0.25, 0.3) is 5.91 Å². The first-order chi connectivity index (χ1) is 7.66. The standard InChI is InChI=1S/C11H10BrN3O/c12-8-1-2-10(9(13)5-8)15-11(16)7-3-4-14-6-7/h1-6,14H,13H2,(H,15,16). The summed E-state index contributed by atoms with van der Waals surface area (Å²) < 4.78 is 0.879. The number of nitrogens with two attached hydrogens (primary N) is 1. The average Bonchev–Trinajstić information content (AvgIpc) is 2.75. The van der Waals surface area contributed by atoms with Gasteiger partial charge < -0.3 is 16.0 Å². The summed E-state index contributed by atoms with van der Waals surface area (Å²) in [5.74, 6) is -0.185. The molecule has 16 heavy (non-hydrogen) atoms. The molecule has 0 unspecified atom stereocenters. The summed E-state index contributed by atoms with van der Waals surface area (Å²) in [6.07, 6.45) is 3.32. The second kappa shape index (κ2) is 4.40. The topological polar surface area (TPSA) is 70.9 Å². The molecular formula is C11H10BrN3O. The predicted molar refractivity (Wildman–Crippen MR) is 67.3 cm³/mol. The van der Waals surface area contributed by atoms with Gasteiger partial charge in [-0.2, -0.15) is 0 Å². The lowest BCUT2D eigenvalue weighted by Crippen LogP contribution is -2.12. The predicted octanol–water partition coefficient (Wildman–Crippen LogP) is 2.61. The Balaban J connectivity index is 2.18. The van der Waals surface area contributed by atoms with Gasteiger partial charge in [0.1, 0.15) is 0 Å². The van der Waals surface area contributed by atoms with Gasteiger partial charge in [-0.15, -0.1) is 0 Å². The molecule has 0 fully saturated rings. The minimum atomic E-state index is -0.185. The van der Waals surface area contributed by atoms with Gasteiger partial charge in [-0.05, 0) is 24.3 Å². The molecule has 2 aromatic rings. The van der Waals surface area contributed by atoms with Crippen LogP contribution < -0.4 is 11.1 Å². The van der Waals surface area contributed by atoms with E-state index in [4.69, 9.17) is 5.73 Å². The van der Waals surface area contributed by atoms with Crippen molar-refractivity contribution in [1.29, 1.82) is 0 Å². The summed E-state index contributed by atoms with van der Waals surface area (Å²) in [4.78, 5) is 14.5. The maximum Gasteiger partial charge on any atom is 0.257 e. The van der Waals surface area contributed by atoms with Crippen molar-refractivity contribution >= 4 is 33.2 Å².